The van der Waals surface area contributed by atoms with Crippen molar-refractivity contribution in [2.75, 3.05) is 10.0 Å². The van der Waals surface area contributed by atoms with Gasteiger partial charge in [-0.1, -0.05) is 30.3 Å². The molecule has 0 radical (unpaired) electrons. The van der Waals surface area contributed by atoms with Crippen molar-refractivity contribution in [2.24, 2.45) is 7.05 Å². The van der Waals surface area contributed by atoms with E-state index in [1.54, 1.807) is 30.8 Å². The highest BCUT2D eigenvalue weighted by atomic mass is 32.2. The summed E-state index contributed by atoms with van der Waals surface area (Å²) >= 11 is 0. The minimum atomic E-state index is -3.65. The molecule has 0 fully saturated rings. The number of aromatic nitrogens is 2. The van der Waals surface area contributed by atoms with Crippen molar-refractivity contribution in [1.82, 2.24) is 9.78 Å². The van der Waals surface area contributed by atoms with Crippen LogP contribution >= 0.6 is 0 Å². The average molecular weight is 370 g/mol. The van der Waals surface area contributed by atoms with E-state index in [1.165, 1.54) is 0 Å². The maximum atomic E-state index is 12.6. The highest BCUT2D eigenvalue weighted by Gasteiger charge is 2.19. The van der Waals surface area contributed by atoms with E-state index in [0.717, 1.165) is 16.9 Å². The molecule has 3 rings (SSSR count). The monoisotopic (exact) mass is 370 g/mol. The number of benzene rings is 2. The lowest BCUT2D eigenvalue weighted by atomic mass is 10.2. The summed E-state index contributed by atoms with van der Waals surface area (Å²) in [6.45, 7) is 4.23. The molecule has 7 heteroatoms. The number of rotatable bonds is 6. The van der Waals surface area contributed by atoms with E-state index >= 15 is 0 Å². The minimum absolute atomic E-state index is 0.226. The molecule has 0 saturated carbocycles. The topological polar surface area (TPSA) is 76.0 Å². The molecule has 26 heavy (non-hydrogen) atoms. The maximum Gasteiger partial charge on any atom is 0.262 e. The van der Waals surface area contributed by atoms with Gasteiger partial charge in [0.2, 0.25) is 0 Å². The summed E-state index contributed by atoms with van der Waals surface area (Å²) in [6.07, 6.45) is 0. The molecule has 0 unspecified atom stereocenters. The highest BCUT2D eigenvalue weighted by molar-refractivity contribution is 7.92. The van der Waals surface area contributed by atoms with Gasteiger partial charge in [0, 0.05) is 19.3 Å². The third-order valence-corrected chi connectivity index (χ3v) is 5.62. The van der Waals surface area contributed by atoms with E-state index in [2.05, 4.69) is 15.1 Å². The number of hydrogen-bond donors (Lipinski definition) is 2. The van der Waals surface area contributed by atoms with Crippen molar-refractivity contribution in [1.29, 1.82) is 0 Å². The number of sulfonamides is 1. The first-order valence-corrected chi connectivity index (χ1v) is 9.76. The van der Waals surface area contributed by atoms with Gasteiger partial charge in [0.1, 0.15) is 0 Å². The molecule has 1 heterocycles. The smallest absolute Gasteiger partial charge is 0.262 e. The van der Waals surface area contributed by atoms with Crippen LogP contribution in [0.5, 0.6) is 0 Å². The molecule has 0 amide bonds. The van der Waals surface area contributed by atoms with E-state index in [-0.39, 0.29) is 4.90 Å². The summed E-state index contributed by atoms with van der Waals surface area (Å²) in [5.41, 5.74) is 3.98. The van der Waals surface area contributed by atoms with E-state index in [0.29, 0.717) is 17.9 Å². The third kappa shape index (κ3) is 3.88. The normalized spacial score (nSPS) is 11.3. The quantitative estimate of drug-likeness (QED) is 0.697. The molecule has 0 aliphatic rings. The number of nitrogens with zero attached hydrogens (tertiary/aromatic N) is 2. The number of nitrogens with one attached hydrogen (secondary N) is 2. The average Bonchev–Trinajstić information content (AvgIpc) is 2.87. The van der Waals surface area contributed by atoms with Crippen LogP contribution in [-0.4, -0.2) is 18.2 Å². The maximum absolute atomic E-state index is 12.6. The Balaban J connectivity index is 1.72. The van der Waals surface area contributed by atoms with Crippen LogP contribution in [0.1, 0.15) is 17.0 Å². The van der Waals surface area contributed by atoms with E-state index in [4.69, 9.17) is 0 Å². The Kier molecular flexibility index (Phi) is 4.99. The molecule has 0 bridgehead atoms. The van der Waals surface area contributed by atoms with Crippen LogP contribution in [0.3, 0.4) is 0 Å². The lowest BCUT2D eigenvalue weighted by molar-refractivity contribution is 0.601. The summed E-state index contributed by atoms with van der Waals surface area (Å²) in [5, 5.41) is 7.54. The predicted molar refractivity (Wildman–Crippen MR) is 104 cm³/mol. The summed E-state index contributed by atoms with van der Waals surface area (Å²) < 4.78 is 29.6. The molecule has 0 aliphatic carbocycles. The van der Waals surface area contributed by atoms with Gasteiger partial charge in [-0.15, -0.1) is 0 Å². The standard InChI is InChI=1S/C19H22N4O2S/c1-14-19(15(2)23(3)21-14)22-26(24,25)18-11-9-16(10-12-18)13-20-17-7-5-4-6-8-17/h4-12,20,22H,13H2,1-3H3. The lowest BCUT2D eigenvalue weighted by Crippen LogP contribution is -2.14. The second kappa shape index (κ2) is 7.21. The molecular formula is C19H22N4O2S. The van der Waals surface area contributed by atoms with Crippen molar-refractivity contribution in [3.8, 4) is 0 Å². The van der Waals surface area contributed by atoms with Crippen molar-refractivity contribution in [3.05, 3.63) is 71.5 Å². The zero-order chi connectivity index (χ0) is 18.7. The number of anilines is 2. The molecule has 0 saturated heterocycles. The molecular weight excluding hydrogens is 348 g/mol. The Morgan fingerprint density at radius 1 is 1.00 bits per heavy atom. The summed E-state index contributed by atoms with van der Waals surface area (Å²) in [7, 11) is -1.87. The van der Waals surface area contributed by atoms with Gasteiger partial charge in [-0.05, 0) is 43.7 Å². The largest absolute Gasteiger partial charge is 0.381 e. The van der Waals surface area contributed by atoms with Gasteiger partial charge in [-0.25, -0.2) is 8.42 Å². The second-order valence-electron chi connectivity index (χ2n) is 6.14. The Labute approximate surface area is 153 Å². The van der Waals surface area contributed by atoms with Crippen LogP contribution in [0.25, 0.3) is 0 Å². The lowest BCUT2D eigenvalue weighted by Gasteiger charge is -2.10. The van der Waals surface area contributed by atoms with Crippen LogP contribution in [0.2, 0.25) is 0 Å². The Bertz CT molecular complexity index is 994. The predicted octanol–water partition coefficient (Wildman–Crippen LogP) is 3.45. The van der Waals surface area contributed by atoms with Crippen molar-refractivity contribution < 1.29 is 8.42 Å². The number of para-hydroxylation sites is 1. The number of aryl methyl sites for hydroxylation is 2. The fourth-order valence-electron chi connectivity index (χ4n) is 2.66. The zero-order valence-corrected chi connectivity index (χ0v) is 15.8. The summed E-state index contributed by atoms with van der Waals surface area (Å²) in [4.78, 5) is 0.226. The molecule has 136 valence electrons. The first kappa shape index (κ1) is 18.0. The molecule has 2 aromatic carbocycles. The fraction of sp³-hybridized carbons (Fsp3) is 0.211. The van der Waals surface area contributed by atoms with Gasteiger partial charge in [0.15, 0.2) is 0 Å². The molecule has 0 spiro atoms. The van der Waals surface area contributed by atoms with Crippen LogP contribution in [0.4, 0.5) is 11.4 Å². The second-order valence-corrected chi connectivity index (χ2v) is 7.82. The van der Waals surface area contributed by atoms with Crippen LogP contribution in [-0.2, 0) is 23.6 Å². The zero-order valence-electron chi connectivity index (χ0n) is 15.0. The molecule has 2 N–H and O–H groups in total. The van der Waals surface area contributed by atoms with E-state index in [1.807, 2.05) is 49.4 Å². The van der Waals surface area contributed by atoms with Gasteiger partial charge >= 0.3 is 0 Å². The first-order valence-electron chi connectivity index (χ1n) is 8.28. The van der Waals surface area contributed by atoms with Crippen molar-refractivity contribution >= 4 is 21.4 Å². The molecule has 0 atom stereocenters. The van der Waals surface area contributed by atoms with E-state index in [9.17, 15) is 8.42 Å². The van der Waals surface area contributed by atoms with Crippen molar-refractivity contribution in [3.63, 3.8) is 0 Å². The first-order chi connectivity index (χ1) is 12.4. The van der Waals surface area contributed by atoms with Gasteiger partial charge in [0.05, 0.1) is 22.0 Å². The molecule has 3 aromatic rings. The fourth-order valence-corrected chi connectivity index (χ4v) is 3.84. The summed E-state index contributed by atoms with van der Waals surface area (Å²) in [6, 6.07) is 16.7. The van der Waals surface area contributed by atoms with Crippen LogP contribution in [0.15, 0.2) is 59.5 Å². The van der Waals surface area contributed by atoms with Gasteiger partial charge in [-0.3, -0.25) is 9.40 Å². The van der Waals surface area contributed by atoms with Gasteiger partial charge in [-0.2, -0.15) is 5.10 Å². The van der Waals surface area contributed by atoms with Gasteiger partial charge < -0.3 is 5.32 Å². The Hall–Kier alpha value is -2.80. The van der Waals surface area contributed by atoms with Gasteiger partial charge in [0.25, 0.3) is 10.0 Å². The van der Waals surface area contributed by atoms with E-state index < -0.39 is 10.0 Å². The molecule has 1 aromatic heterocycles. The van der Waals surface area contributed by atoms with Crippen molar-refractivity contribution in [2.45, 2.75) is 25.3 Å². The third-order valence-electron chi connectivity index (χ3n) is 4.25. The minimum Gasteiger partial charge on any atom is -0.381 e. The van der Waals surface area contributed by atoms with Crippen LogP contribution in [0, 0.1) is 13.8 Å². The van der Waals surface area contributed by atoms with Crippen LogP contribution < -0.4 is 10.0 Å². The molecule has 6 nitrogen and oxygen atoms in total. The Morgan fingerprint density at radius 3 is 2.23 bits per heavy atom. The summed E-state index contributed by atoms with van der Waals surface area (Å²) in [5.74, 6) is 0. The Morgan fingerprint density at radius 2 is 1.65 bits per heavy atom. The SMILES string of the molecule is Cc1nn(C)c(C)c1NS(=O)(=O)c1ccc(CNc2ccccc2)cc1. The highest BCUT2D eigenvalue weighted by Crippen LogP contribution is 2.23. The molecule has 0 aliphatic heterocycles. The number of hydrogen-bond acceptors (Lipinski definition) is 4.